The van der Waals surface area contributed by atoms with E-state index in [1.807, 2.05) is 0 Å². The second-order valence-corrected chi connectivity index (χ2v) is 8.22. The number of aryl methyl sites for hydroxylation is 2. The summed E-state index contributed by atoms with van der Waals surface area (Å²) < 4.78 is 2.08. The molecule has 2 aromatic rings. The van der Waals surface area contributed by atoms with Crippen LogP contribution in [-0.4, -0.2) is 56.9 Å². The number of anilines is 1. The van der Waals surface area contributed by atoms with Gasteiger partial charge in [-0.3, -0.25) is 9.58 Å². The Kier molecular flexibility index (Phi) is 5.19. The van der Waals surface area contributed by atoms with Crippen LogP contribution in [0, 0.1) is 20.8 Å². The molecule has 1 N–H and O–H groups in total. The molecule has 2 saturated heterocycles. The van der Waals surface area contributed by atoms with Crippen molar-refractivity contribution in [3.63, 3.8) is 0 Å². The Labute approximate surface area is 167 Å². The van der Waals surface area contributed by atoms with Gasteiger partial charge in [0.15, 0.2) is 5.11 Å². The molecule has 4 rings (SSSR count). The first kappa shape index (κ1) is 18.4. The molecule has 144 valence electrons. The number of hydrogen-bond acceptors (Lipinski definition) is 3. The fourth-order valence-corrected chi connectivity index (χ4v) is 4.61. The van der Waals surface area contributed by atoms with Gasteiger partial charge in [0, 0.05) is 25.7 Å². The van der Waals surface area contributed by atoms with Gasteiger partial charge in [-0.2, -0.15) is 5.10 Å². The first-order valence-electron chi connectivity index (χ1n) is 9.91. The number of piperazine rings is 1. The van der Waals surface area contributed by atoms with Gasteiger partial charge < -0.3 is 10.2 Å². The van der Waals surface area contributed by atoms with E-state index in [1.165, 1.54) is 30.5 Å². The van der Waals surface area contributed by atoms with Crippen molar-refractivity contribution in [2.24, 2.45) is 0 Å². The van der Waals surface area contributed by atoms with Crippen LogP contribution in [0.25, 0.3) is 0 Å². The minimum absolute atomic E-state index is 0.671. The highest BCUT2D eigenvalue weighted by atomic mass is 32.1. The Morgan fingerprint density at radius 2 is 2.00 bits per heavy atom. The molecule has 27 heavy (non-hydrogen) atoms. The molecule has 0 unspecified atom stereocenters. The fourth-order valence-electron chi connectivity index (χ4n) is 4.34. The average Bonchev–Trinajstić information content (AvgIpc) is 3.23. The molecule has 6 heteroatoms. The molecule has 2 aliphatic heterocycles. The monoisotopic (exact) mass is 383 g/mol. The smallest absolute Gasteiger partial charge is 0.173 e. The minimum Gasteiger partial charge on any atom is -0.346 e. The first-order chi connectivity index (χ1) is 13.0. The molecule has 0 spiro atoms. The lowest BCUT2D eigenvalue weighted by molar-refractivity contribution is 0.153. The van der Waals surface area contributed by atoms with Crippen LogP contribution in [0.5, 0.6) is 0 Å². The standard InChI is InChI=1S/C21H29N5S/c1-15-7-4-5-8-18(15)13-26-17(3)20(16(2)23-26)22-21(27)25-12-11-24-10-6-9-19(24)14-25/h4-5,7-8,19H,6,9-14H2,1-3H3,(H,22,27)/t19-/m0/s1. The van der Waals surface area contributed by atoms with Crippen molar-refractivity contribution in [1.82, 2.24) is 19.6 Å². The predicted molar refractivity (Wildman–Crippen MR) is 114 cm³/mol. The second kappa shape index (κ2) is 7.60. The lowest BCUT2D eigenvalue weighted by Gasteiger charge is -2.38. The van der Waals surface area contributed by atoms with Gasteiger partial charge in [0.25, 0.3) is 0 Å². The van der Waals surface area contributed by atoms with Crippen molar-refractivity contribution in [2.75, 3.05) is 31.5 Å². The highest BCUT2D eigenvalue weighted by molar-refractivity contribution is 7.80. The van der Waals surface area contributed by atoms with Crippen LogP contribution in [0.2, 0.25) is 0 Å². The van der Waals surface area contributed by atoms with Crippen LogP contribution >= 0.6 is 12.2 Å². The quantitative estimate of drug-likeness (QED) is 0.823. The fraction of sp³-hybridized carbons (Fsp3) is 0.524. The van der Waals surface area contributed by atoms with E-state index in [0.717, 1.165) is 48.4 Å². The third kappa shape index (κ3) is 3.73. The lowest BCUT2D eigenvalue weighted by Crippen LogP contribution is -2.53. The summed E-state index contributed by atoms with van der Waals surface area (Å²) in [5, 5.41) is 9.11. The maximum atomic E-state index is 5.75. The number of rotatable bonds is 3. The van der Waals surface area contributed by atoms with Crippen LogP contribution in [0.1, 0.15) is 35.4 Å². The molecular formula is C21H29N5S. The average molecular weight is 384 g/mol. The van der Waals surface area contributed by atoms with Crippen molar-refractivity contribution in [3.05, 3.63) is 46.8 Å². The van der Waals surface area contributed by atoms with E-state index < -0.39 is 0 Å². The number of thiocarbonyl (C=S) groups is 1. The topological polar surface area (TPSA) is 36.3 Å². The first-order valence-corrected chi connectivity index (χ1v) is 10.3. The summed E-state index contributed by atoms with van der Waals surface area (Å²) >= 11 is 5.75. The van der Waals surface area contributed by atoms with E-state index in [4.69, 9.17) is 17.3 Å². The summed E-state index contributed by atoms with van der Waals surface area (Å²) in [6.45, 7) is 11.5. The van der Waals surface area contributed by atoms with Gasteiger partial charge in [0.2, 0.25) is 0 Å². The predicted octanol–water partition coefficient (Wildman–Crippen LogP) is 3.33. The number of nitrogens with zero attached hydrogens (tertiary/aromatic N) is 4. The molecule has 3 heterocycles. The maximum Gasteiger partial charge on any atom is 0.173 e. The van der Waals surface area contributed by atoms with Crippen molar-refractivity contribution < 1.29 is 0 Å². The van der Waals surface area contributed by atoms with Gasteiger partial charge in [0.1, 0.15) is 0 Å². The van der Waals surface area contributed by atoms with E-state index in [-0.39, 0.29) is 0 Å². The molecule has 0 radical (unpaired) electrons. The molecule has 1 aromatic carbocycles. The molecule has 2 fully saturated rings. The van der Waals surface area contributed by atoms with Crippen molar-refractivity contribution in [2.45, 2.75) is 46.2 Å². The summed E-state index contributed by atoms with van der Waals surface area (Å²) in [6, 6.07) is 9.16. The number of fused-ring (bicyclic) bond motifs is 1. The van der Waals surface area contributed by atoms with E-state index in [1.54, 1.807) is 0 Å². The largest absolute Gasteiger partial charge is 0.346 e. The van der Waals surface area contributed by atoms with E-state index in [0.29, 0.717) is 6.04 Å². The van der Waals surface area contributed by atoms with Crippen molar-refractivity contribution >= 4 is 23.0 Å². The molecule has 0 saturated carbocycles. The summed E-state index contributed by atoms with van der Waals surface area (Å²) in [5.41, 5.74) is 5.79. The Bertz CT molecular complexity index is 843. The highest BCUT2D eigenvalue weighted by Gasteiger charge is 2.31. The van der Waals surface area contributed by atoms with E-state index >= 15 is 0 Å². The molecule has 0 bridgehead atoms. The van der Waals surface area contributed by atoms with Gasteiger partial charge in [-0.1, -0.05) is 24.3 Å². The zero-order valence-corrected chi connectivity index (χ0v) is 17.4. The molecule has 1 aromatic heterocycles. The van der Waals surface area contributed by atoms with Gasteiger partial charge in [-0.15, -0.1) is 0 Å². The van der Waals surface area contributed by atoms with Crippen LogP contribution < -0.4 is 5.32 Å². The third-order valence-corrected chi connectivity index (χ3v) is 6.43. The maximum absolute atomic E-state index is 5.75. The Balaban J connectivity index is 1.47. The summed E-state index contributed by atoms with van der Waals surface area (Å²) in [4.78, 5) is 4.94. The van der Waals surface area contributed by atoms with Gasteiger partial charge in [-0.25, -0.2) is 0 Å². The van der Waals surface area contributed by atoms with Gasteiger partial charge in [-0.05, 0) is 63.5 Å². The van der Waals surface area contributed by atoms with Crippen LogP contribution in [0.3, 0.4) is 0 Å². The number of benzene rings is 1. The molecule has 0 amide bonds. The number of aromatic nitrogens is 2. The SMILES string of the molecule is Cc1ccccc1Cn1nc(C)c(NC(=S)N2CCN3CCC[C@H]3C2)c1C. The van der Waals surface area contributed by atoms with E-state index in [9.17, 15) is 0 Å². The van der Waals surface area contributed by atoms with Crippen molar-refractivity contribution in [3.8, 4) is 0 Å². The zero-order chi connectivity index (χ0) is 19.0. The molecule has 5 nitrogen and oxygen atoms in total. The Hall–Kier alpha value is -1.92. The molecule has 0 aliphatic carbocycles. The van der Waals surface area contributed by atoms with Gasteiger partial charge in [0.05, 0.1) is 23.6 Å². The third-order valence-electron chi connectivity index (χ3n) is 6.07. The second-order valence-electron chi connectivity index (χ2n) is 7.84. The van der Waals surface area contributed by atoms with Crippen molar-refractivity contribution in [1.29, 1.82) is 0 Å². The summed E-state index contributed by atoms with van der Waals surface area (Å²) in [7, 11) is 0. The normalized spacial score (nSPS) is 20.0. The summed E-state index contributed by atoms with van der Waals surface area (Å²) in [5.74, 6) is 0. The van der Waals surface area contributed by atoms with Crippen LogP contribution in [-0.2, 0) is 6.54 Å². The number of nitrogens with one attached hydrogen (secondary N) is 1. The number of hydrogen-bond donors (Lipinski definition) is 1. The van der Waals surface area contributed by atoms with E-state index in [2.05, 4.69) is 64.8 Å². The molecule has 2 aliphatic rings. The van der Waals surface area contributed by atoms with Crippen LogP contribution in [0.4, 0.5) is 5.69 Å². The minimum atomic E-state index is 0.671. The van der Waals surface area contributed by atoms with Gasteiger partial charge >= 0.3 is 0 Å². The summed E-state index contributed by atoms with van der Waals surface area (Å²) in [6.07, 6.45) is 2.62. The van der Waals surface area contributed by atoms with Crippen LogP contribution in [0.15, 0.2) is 24.3 Å². The highest BCUT2D eigenvalue weighted by Crippen LogP contribution is 2.24. The Morgan fingerprint density at radius 1 is 1.19 bits per heavy atom. The molecular weight excluding hydrogens is 354 g/mol. The Morgan fingerprint density at radius 3 is 2.81 bits per heavy atom. The lowest BCUT2D eigenvalue weighted by atomic mass is 10.1. The molecule has 1 atom stereocenters. The zero-order valence-electron chi connectivity index (χ0n) is 16.5.